The van der Waals surface area contributed by atoms with Crippen LogP contribution in [0.4, 0.5) is 5.69 Å². The van der Waals surface area contributed by atoms with Crippen LogP contribution >= 0.6 is 0 Å². The fraction of sp³-hybridized carbons (Fsp3) is 0.312. The minimum atomic E-state index is -0.302. The van der Waals surface area contributed by atoms with E-state index in [-0.39, 0.29) is 36.7 Å². The number of carbonyl (C=O) groups excluding carboxylic acids is 2. The third-order valence-corrected chi connectivity index (χ3v) is 3.31. The molecule has 0 atom stereocenters. The number of amides is 2. The average Bonchev–Trinajstić information content (AvgIpc) is 2.98. The molecule has 0 spiro atoms. The van der Waals surface area contributed by atoms with Crippen LogP contribution in [0.5, 0.6) is 5.75 Å². The van der Waals surface area contributed by atoms with Crippen molar-refractivity contribution in [2.45, 2.75) is 26.4 Å². The van der Waals surface area contributed by atoms with Crippen LogP contribution in [-0.2, 0) is 11.3 Å². The van der Waals surface area contributed by atoms with E-state index in [1.165, 1.54) is 11.2 Å². The number of hydrogen-bond acceptors (Lipinski definition) is 5. The maximum atomic E-state index is 12.1. The molecule has 0 saturated carbocycles. The van der Waals surface area contributed by atoms with E-state index in [9.17, 15) is 9.59 Å². The SMILES string of the molecule is CC(C)NC(=O)c1coc(CN2C(=O)COc3ccccc32)n1. The van der Waals surface area contributed by atoms with Crippen LogP contribution < -0.4 is 15.0 Å². The van der Waals surface area contributed by atoms with Crippen molar-refractivity contribution < 1.29 is 18.7 Å². The van der Waals surface area contributed by atoms with Gasteiger partial charge in [0.15, 0.2) is 12.3 Å². The first-order valence-corrected chi connectivity index (χ1v) is 7.32. The molecule has 1 aromatic carbocycles. The van der Waals surface area contributed by atoms with Gasteiger partial charge in [-0.15, -0.1) is 0 Å². The highest BCUT2D eigenvalue weighted by Gasteiger charge is 2.27. The quantitative estimate of drug-likeness (QED) is 0.929. The molecule has 7 nitrogen and oxygen atoms in total. The molecule has 1 aromatic heterocycles. The number of oxazole rings is 1. The lowest BCUT2D eigenvalue weighted by Crippen LogP contribution is -2.38. The normalized spacial score (nSPS) is 13.7. The van der Waals surface area contributed by atoms with E-state index in [1.54, 1.807) is 12.1 Å². The summed E-state index contributed by atoms with van der Waals surface area (Å²) in [5.41, 5.74) is 0.859. The molecular weight excluding hydrogens is 298 g/mol. The maximum Gasteiger partial charge on any atom is 0.273 e. The largest absolute Gasteiger partial charge is 0.482 e. The summed E-state index contributed by atoms with van der Waals surface area (Å²) < 4.78 is 10.7. The van der Waals surface area contributed by atoms with Gasteiger partial charge in [-0.1, -0.05) is 12.1 Å². The Morgan fingerprint density at radius 2 is 2.17 bits per heavy atom. The van der Waals surface area contributed by atoms with Gasteiger partial charge >= 0.3 is 0 Å². The Kier molecular flexibility index (Phi) is 4.01. The molecule has 7 heteroatoms. The third kappa shape index (κ3) is 3.18. The minimum Gasteiger partial charge on any atom is -0.482 e. The average molecular weight is 315 g/mol. The molecule has 1 aliphatic rings. The van der Waals surface area contributed by atoms with E-state index in [0.29, 0.717) is 17.3 Å². The second kappa shape index (κ2) is 6.12. The van der Waals surface area contributed by atoms with Gasteiger partial charge in [0.2, 0.25) is 5.89 Å². The van der Waals surface area contributed by atoms with Crippen LogP contribution in [0.3, 0.4) is 0 Å². The Labute approximate surface area is 133 Å². The van der Waals surface area contributed by atoms with Gasteiger partial charge < -0.3 is 14.5 Å². The van der Waals surface area contributed by atoms with Crippen LogP contribution in [0, 0.1) is 0 Å². The Morgan fingerprint density at radius 1 is 1.39 bits per heavy atom. The van der Waals surface area contributed by atoms with Crippen molar-refractivity contribution >= 4 is 17.5 Å². The summed E-state index contributed by atoms with van der Waals surface area (Å²) in [6, 6.07) is 7.26. The molecule has 120 valence electrons. The van der Waals surface area contributed by atoms with Crippen LogP contribution in [-0.4, -0.2) is 29.4 Å². The molecule has 0 saturated heterocycles. The van der Waals surface area contributed by atoms with Crippen molar-refractivity contribution in [1.82, 2.24) is 10.3 Å². The van der Waals surface area contributed by atoms with E-state index in [4.69, 9.17) is 9.15 Å². The molecule has 2 amide bonds. The smallest absolute Gasteiger partial charge is 0.273 e. The molecule has 23 heavy (non-hydrogen) atoms. The first kappa shape index (κ1) is 15.1. The minimum absolute atomic E-state index is 0.00958. The number of fused-ring (bicyclic) bond motifs is 1. The number of nitrogens with one attached hydrogen (secondary N) is 1. The molecule has 1 aliphatic heterocycles. The van der Waals surface area contributed by atoms with Crippen molar-refractivity contribution in [2.75, 3.05) is 11.5 Å². The number of ether oxygens (including phenoxy) is 1. The number of anilines is 1. The van der Waals surface area contributed by atoms with E-state index >= 15 is 0 Å². The second-order valence-corrected chi connectivity index (χ2v) is 5.49. The molecule has 3 rings (SSSR count). The van der Waals surface area contributed by atoms with Gasteiger partial charge in [-0.05, 0) is 26.0 Å². The lowest BCUT2D eigenvalue weighted by molar-refractivity contribution is -0.121. The Morgan fingerprint density at radius 3 is 2.96 bits per heavy atom. The number of rotatable bonds is 4. The summed E-state index contributed by atoms with van der Waals surface area (Å²) in [5.74, 6) is 0.444. The summed E-state index contributed by atoms with van der Waals surface area (Å²) in [4.78, 5) is 29.7. The summed E-state index contributed by atoms with van der Waals surface area (Å²) in [6.45, 7) is 3.84. The van der Waals surface area contributed by atoms with Crippen LogP contribution in [0.2, 0.25) is 0 Å². The lowest BCUT2D eigenvalue weighted by atomic mass is 10.2. The Bertz CT molecular complexity index is 738. The molecule has 2 heterocycles. The number of carbonyl (C=O) groups is 2. The lowest BCUT2D eigenvalue weighted by Gasteiger charge is -2.28. The summed E-state index contributed by atoms with van der Waals surface area (Å²) in [6.07, 6.45) is 1.30. The highest BCUT2D eigenvalue weighted by molar-refractivity contribution is 5.97. The zero-order chi connectivity index (χ0) is 16.4. The van der Waals surface area contributed by atoms with E-state index in [2.05, 4.69) is 10.3 Å². The van der Waals surface area contributed by atoms with Crippen molar-refractivity contribution in [3.63, 3.8) is 0 Å². The van der Waals surface area contributed by atoms with Gasteiger partial charge in [-0.2, -0.15) is 0 Å². The molecule has 0 fully saturated rings. The number of para-hydroxylation sites is 2. The molecule has 0 bridgehead atoms. The first-order chi connectivity index (χ1) is 11.0. The highest BCUT2D eigenvalue weighted by atomic mass is 16.5. The van der Waals surface area contributed by atoms with Gasteiger partial charge in [0.1, 0.15) is 18.6 Å². The van der Waals surface area contributed by atoms with Crippen molar-refractivity contribution in [3.8, 4) is 5.75 Å². The predicted molar refractivity (Wildman–Crippen MR) is 82.2 cm³/mol. The van der Waals surface area contributed by atoms with Gasteiger partial charge in [-0.3, -0.25) is 14.5 Å². The van der Waals surface area contributed by atoms with Gasteiger partial charge in [0, 0.05) is 6.04 Å². The summed E-state index contributed by atoms with van der Waals surface area (Å²) in [7, 11) is 0. The van der Waals surface area contributed by atoms with Crippen LogP contribution in [0.1, 0.15) is 30.2 Å². The van der Waals surface area contributed by atoms with Crippen molar-refractivity contribution in [2.24, 2.45) is 0 Å². The van der Waals surface area contributed by atoms with Gasteiger partial charge in [-0.25, -0.2) is 4.98 Å². The van der Waals surface area contributed by atoms with Crippen LogP contribution in [0.15, 0.2) is 34.9 Å². The fourth-order valence-electron chi connectivity index (χ4n) is 2.29. The highest BCUT2D eigenvalue weighted by Crippen LogP contribution is 2.32. The summed E-state index contributed by atoms with van der Waals surface area (Å²) in [5, 5.41) is 2.74. The molecule has 0 aliphatic carbocycles. The number of hydrogen-bond donors (Lipinski definition) is 1. The van der Waals surface area contributed by atoms with E-state index < -0.39 is 0 Å². The standard InChI is InChI=1S/C16H17N3O4/c1-10(2)17-16(21)11-8-23-14(18-11)7-19-12-5-3-4-6-13(12)22-9-15(19)20/h3-6,8,10H,7,9H2,1-2H3,(H,17,21). The number of nitrogens with zero attached hydrogens (tertiary/aromatic N) is 2. The predicted octanol–water partition coefficient (Wildman–Crippen LogP) is 1.74. The van der Waals surface area contributed by atoms with Crippen molar-refractivity contribution in [1.29, 1.82) is 0 Å². The molecule has 0 unspecified atom stereocenters. The van der Waals surface area contributed by atoms with Crippen LogP contribution in [0.25, 0.3) is 0 Å². The monoisotopic (exact) mass is 315 g/mol. The number of aromatic nitrogens is 1. The third-order valence-electron chi connectivity index (χ3n) is 3.31. The zero-order valence-corrected chi connectivity index (χ0v) is 12.9. The van der Waals surface area contributed by atoms with E-state index in [0.717, 1.165) is 0 Å². The number of benzene rings is 1. The molecule has 0 radical (unpaired) electrons. The van der Waals surface area contributed by atoms with Gasteiger partial charge in [0.25, 0.3) is 11.8 Å². The summed E-state index contributed by atoms with van der Waals surface area (Å²) >= 11 is 0. The fourth-order valence-corrected chi connectivity index (χ4v) is 2.29. The Balaban J connectivity index is 1.79. The molecular formula is C16H17N3O4. The topological polar surface area (TPSA) is 84.7 Å². The maximum absolute atomic E-state index is 12.1. The van der Waals surface area contributed by atoms with E-state index in [1.807, 2.05) is 26.0 Å². The van der Waals surface area contributed by atoms with Gasteiger partial charge in [0.05, 0.1) is 5.69 Å². The second-order valence-electron chi connectivity index (χ2n) is 5.49. The Hall–Kier alpha value is -2.83. The molecule has 2 aromatic rings. The first-order valence-electron chi connectivity index (χ1n) is 7.32. The zero-order valence-electron chi connectivity index (χ0n) is 12.9. The molecule has 1 N–H and O–H groups in total. The van der Waals surface area contributed by atoms with Crippen molar-refractivity contribution in [3.05, 3.63) is 42.1 Å².